The molecule has 0 bridgehead atoms. The molecule has 0 aliphatic carbocycles. The quantitative estimate of drug-likeness (QED) is 0.538. The van der Waals surface area contributed by atoms with Gasteiger partial charge >= 0.3 is 0 Å². The summed E-state index contributed by atoms with van der Waals surface area (Å²) in [6.45, 7) is 0.321. The maximum Gasteiger partial charge on any atom is 0.124 e. The molecule has 60 valence electrons. The van der Waals surface area contributed by atoms with Crippen molar-refractivity contribution in [1.29, 1.82) is 0 Å². The number of halogens is 1. The molecule has 1 aromatic rings. The van der Waals surface area contributed by atoms with Gasteiger partial charge < -0.3 is 5.73 Å². The van der Waals surface area contributed by atoms with Gasteiger partial charge in [0, 0.05) is 6.54 Å². The number of rotatable bonds is 2. The fourth-order valence-corrected chi connectivity index (χ4v) is 1.09. The largest absolute Gasteiger partial charge is 0.328 e. The molecule has 1 rings (SSSR count). The van der Waals surface area contributed by atoms with Crippen molar-refractivity contribution >= 4 is 24.2 Å². The van der Waals surface area contributed by atoms with Gasteiger partial charge in [0.2, 0.25) is 0 Å². The first-order chi connectivity index (χ1) is 5.17. The Morgan fingerprint density at radius 2 is 1.91 bits per heavy atom. The van der Waals surface area contributed by atoms with Gasteiger partial charge in [-0.3, -0.25) is 0 Å². The second-order valence-corrected chi connectivity index (χ2v) is 4.00. The van der Waals surface area contributed by atoms with E-state index in [4.69, 9.17) is 17.3 Å². The third kappa shape index (κ3) is 2.12. The van der Waals surface area contributed by atoms with Crippen LogP contribution in [0.1, 0.15) is 5.56 Å². The molecule has 0 aromatic heterocycles. The van der Waals surface area contributed by atoms with Crippen LogP contribution in [0.4, 0.5) is 0 Å². The predicted molar refractivity (Wildman–Crippen MR) is 52.0 cm³/mol. The van der Waals surface area contributed by atoms with Gasteiger partial charge in [-0.25, -0.2) is 0 Å². The zero-order chi connectivity index (χ0) is 8.32. The number of alkyl halides is 1. The second kappa shape index (κ2) is 3.48. The second-order valence-electron chi connectivity index (χ2n) is 2.33. The lowest BCUT2D eigenvalue weighted by molar-refractivity contribution is 0.872. The van der Waals surface area contributed by atoms with Gasteiger partial charge in [0.25, 0.3) is 0 Å². The Labute approximate surface area is 77.0 Å². The van der Waals surface area contributed by atoms with E-state index in [9.17, 15) is 0 Å². The number of hydrogen-bond donors (Lipinski definition) is 2. The summed E-state index contributed by atoms with van der Waals surface area (Å²) in [5.74, 6) is 0. The fourth-order valence-electron chi connectivity index (χ4n) is 0.811. The fraction of sp³-hybridized carbons (Fsp3) is 0.250. The van der Waals surface area contributed by atoms with E-state index in [1.54, 1.807) is 0 Å². The smallest absolute Gasteiger partial charge is 0.124 e. The van der Waals surface area contributed by atoms with Crippen molar-refractivity contribution in [2.45, 2.75) is 4.21 Å². The van der Waals surface area contributed by atoms with E-state index in [1.807, 2.05) is 30.3 Å². The molecule has 1 atom stereocenters. The molecule has 0 spiro atoms. The summed E-state index contributed by atoms with van der Waals surface area (Å²) >= 11 is 10.2. The molecule has 2 N–H and O–H groups in total. The number of nitrogens with two attached hydrogens (primary N) is 1. The summed E-state index contributed by atoms with van der Waals surface area (Å²) in [7, 11) is 0. The molecule has 0 radical (unpaired) electrons. The number of benzene rings is 1. The predicted octanol–water partition coefficient (Wildman–Crippen LogP) is 1.97. The highest BCUT2D eigenvalue weighted by Crippen LogP contribution is 2.31. The number of thiol groups is 1. The number of hydrogen-bond acceptors (Lipinski definition) is 2. The van der Waals surface area contributed by atoms with Crippen LogP contribution in [0.25, 0.3) is 0 Å². The van der Waals surface area contributed by atoms with Crippen LogP contribution in [0.5, 0.6) is 0 Å². The summed E-state index contributed by atoms with van der Waals surface area (Å²) in [6, 6.07) is 9.58. The molecular formula is C8H10ClNS. The summed E-state index contributed by atoms with van der Waals surface area (Å²) in [5, 5.41) is 0. The van der Waals surface area contributed by atoms with Crippen LogP contribution < -0.4 is 5.73 Å². The van der Waals surface area contributed by atoms with Crippen LogP contribution in [-0.2, 0) is 4.21 Å². The Morgan fingerprint density at radius 3 is 2.36 bits per heavy atom. The molecule has 0 saturated carbocycles. The average molecular weight is 188 g/mol. The molecular weight excluding hydrogens is 178 g/mol. The van der Waals surface area contributed by atoms with Crippen LogP contribution in [0.2, 0.25) is 0 Å². The highest BCUT2D eigenvalue weighted by atomic mass is 35.5. The van der Waals surface area contributed by atoms with Crippen molar-refractivity contribution < 1.29 is 0 Å². The Hall–Kier alpha value is -0.180. The minimum atomic E-state index is -0.721. The Kier molecular flexibility index (Phi) is 2.82. The molecule has 0 aliphatic heterocycles. The van der Waals surface area contributed by atoms with Gasteiger partial charge in [-0.05, 0) is 5.56 Å². The van der Waals surface area contributed by atoms with Crippen molar-refractivity contribution in [3.63, 3.8) is 0 Å². The van der Waals surface area contributed by atoms with Gasteiger partial charge in [0.1, 0.15) is 4.21 Å². The monoisotopic (exact) mass is 187 g/mol. The SMILES string of the molecule is NCC(S)(Cl)c1ccccc1. The summed E-state index contributed by atoms with van der Waals surface area (Å²) in [4.78, 5) is 0. The lowest BCUT2D eigenvalue weighted by Crippen LogP contribution is -2.22. The molecule has 3 heteroatoms. The van der Waals surface area contributed by atoms with Crippen LogP contribution in [0, 0.1) is 0 Å². The normalized spacial score (nSPS) is 15.9. The maximum absolute atomic E-state index is 5.99. The molecule has 0 heterocycles. The molecule has 0 saturated heterocycles. The topological polar surface area (TPSA) is 26.0 Å². The van der Waals surface area contributed by atoms with E-state index in [2.05, 4.69) is 12.6 Å². The summed E-state index contributed by atoms with van der Waals surface area (Å²) < 4.78 is -0.721. The van der Waals surface area contributed by atoms with E-state index < -0.39 is 4.21 Å². The lowest BCUT2D eigenvalue weighted by atomic mass is 10.1. The zero-order valence-electron chi connectivity index (χ0n) is 6.00. The van der Waals surface area contributed by atoms with Crippen LogP contribution in [0.15, 0.2) is 30.3 Å². The molecule has 11 heavy (non-hydrogen) atoms. The van der Waals surface area contributed by atoms with E-state index in [-0.39, 0.29) is 0 Å². The van der Waals surface area contributed by atoms with Gasteiger partial charge in [0.05, 0.1) is 0 Å². The van der Waals surface area contributed by atoms with Gasteiger partial charge in [-0.1, -0.05) is 30.3 Å². The molecule has 0 amide bonds. The zero-order valence-corrected chi connectivity index (χ0v) is 7.65. The Balaban J connectivity index is 2.93. The van der Waals surface area contributed by atoms with Gasteiger partial charge in [0.15, 0.2) is 0 Å². The van der Waals surface area contributed by atoms with Crippen LogP contribution in [-0.4, -0.2) is 6.54 Å². The van der Waals surface area contributed by atoms with Gasteiger partial charge in [-0.2, -0.15) is 12.6 Å². The molecule has 1 aromatic carbocycles. The first-order valence-electron chi connectivity index (χ1n) is 3.34. The van der Waals surface area contributed by atoms with E-state index in [0.29, 0.717) is 6.54 Å². The van der Waals surface area contributed by atoms with E-state index in [1.165, 1.54) is 0 Å². The molecule has 0 aliphatic rings. The van der Waals surface area contributed by atoms with Crippen LogP contribution >= 0.6 is 24.2 Å². The Morgan fingerprint density at radius 1 is 1.36 bits per heavy atom. The van der Waals surface area contributed by atoms with E-state index >= 15 is 0 Å². The third-order valence-electron chi connectivity index (χ3n) is 1.49. The van der Waals surface area contributed by atoms with Crippen molar-refractivity contribution in [2.75, 3.05) is 6.54 Å². The standard InChI is InChI=1S/C8H10ClNS/c9-8(11,6-10)7-4-2-1-3-5-7/h1-5,11H,6,10H2. The van der Waals surface area contributed by atoms with Crippen LogP contribution in [0.3, 0.4) is 0 Å². The van der Waals surface area contributed by atoms with Crippen molar-refractivity contribution in [3.05, 3.63) is 35.9 Å². The highest BCUT2D eigenvalue weighted by Gasteiger charge is 2.21. The summed E-state index contributed by atoms with van der Waals surface area (Å²) in [5.41, 5.74) is 6.37. The van der Waals surface area contributed by atoms with Crippen molar-refractivity contribution in [2.24, 2.45) is 5.73 Å². The maximum atomic E-state index is 5.99. The van der Waals surface area contributed by atoms with Gasteiger partial charge in [-0.15, -0.1) is 11.6 Å². The minimum absolute atomic E-state index is 0.321. The third-order valence-corrected chi connectivity index (χ3v) is 2.30. The average Bonchev–Trinajstić information content (AvgIpc) is 2.06. The van der Waals surface area contributed by atoms with Crippen molar-refractivity contribution in [1.82, 2.24) is 0 Å². The summed E-state index contributed by atoms with van der Waals surface area (Å²) in [6.07, 6.45) is 0. The lowest BCUT2D eigenvalue weighted by Gasteiger charge is -2.18. The highest BCUT2D eigenvalue weighted by molar-refractivity contribution is 7.82. The Bertz CT molecular complexity index is 223. The first-order valence-corrected chi connectivity index (χ1v) is 4.16. The van der Waals surface area contributed by atoms with E-state index in [0.717, 1.165) is 5.56 Å². The minimum Gasteiger partial charge on any atom is -0.328 e. The molecule has 0 fully saturated rings. The first kappa shape index (κ1) is 8.91. The van der Waals surface area contributed by atoms with Crippen molar-refractivity contribution in [3.8, 4) is 0 Å². The molecule has 1 unspecified atom stereocenters. The molecule has 1 nitrogen and oxygen atoms in total.